The second-order valence-electron chi connectivity index (χ2n) is 6.41. The van der Waals surface area contributed by atoms with Crippen LogP contribution in [0.4, 0.5) is 0 Å². The van der Waals surface area contributed by atoms with Crippen LogP contribution in [0.25, 0.3) is 11.1 Å². The Morgan fingerprint density at radius 3 is 2.08 bits per heavy atom. The van der Waals surface area contributed by atoms with E-state index >= 15 is 0 Å². The number of benzene rings is 2. The molecular formula is C20H21NO5. The third-order valence-electron chi connectivity index (χ3n) is 4.96. The zero-order chi connectivity index (χ0) is 18.9. The minimum absolute atomic E-state index is 0.0706. The topological polar surface area (TPSA) is 110 Å². The van der Waals surface area contributed by atoms with Crippen LogP contribution in [0.3, 0.4) is 0 Å². The number of fused-ring (bicyclic) bond motifs is 3. The molecule has 2 atom stereocenters. The molecule has 0 radical (unpaired) electrons. The zero-order valence-electron chi connectivity index (χ0n) is 14.4. The molecule has 0 saturated heterocycles. The summed E-state index contributed by atoms with van der Waals surface area (Å²) < 4.78 is 5.24. The van der Waals surface area contributed by atoms with Crippen LogP contribution in [0.5, 0.6) is 0 Å². The van der Waals surface area contributed by atoms with Gasteiger partial charge in [0.15, 0.2) is 0 Å². The summed E-state index contributed by atoms with van der Waals surface area (Å²) in [5.41, 5.74) is 7.02. The average molecular weight is 355 g/mol. The minimum atomic E-state index is -2.76. The summed E-state index contributed by atoms with van der Waals surface area (Å²) in [7, 11) is 0. The van der Waals surface area contributed by atoms with Crippen LogP contribution in [0.1, 0.15) is 30.4 Å². The number of hydrogen-bond acceptors (Lipinski definition) is 5. The summed E-state index contributed by atoms with van der Waals surface area (Å²) >= 11 is 0. The normalized spacial score (nSPS) is 16.3. The number of ether oxygens (including phenoxy) is 1. The Hall–Kier alpha value is -2.70. The van der Waals surface area contributed by atoms with Gasteiger partial charge in [-0.25, -0.2) is 9.59 Å². The molecule has 0 aliphatic heterocycles. The summed E-state index contributed by atoms with van der Waals surface area (Å²) in [6.45, 7) is 1.52. The number of aliphatic hydroxyl groups is 1. The number of rotatable bonds is 6. The maximum absolute atomic E-state index is 12.4. The Balaban J connectivity index is 1.86. The largest absolute Gasteiger partial charge is 0.479 e. The number of carbonyl (C=O) groups is 2. The van der Waals surface area contributed by atoms with Crippen LogP contribution in [0, 0.1) is 0 Å². The van der Waals surface area contributed by atoms with E-state index in [1.165, 1.54) is 0 Å². The molecule has 0 saturated carbocycles. The Morgan fingerprint density at radius 2 is 1.62 bits per heavy atom. The third-order valence-corrected chi connectivity index (χ3v) is 4.96. The molecule has 0 bridgehead atoms. The van der Waals surface area contributed by atoms with Gasteiger partial charge in [-0.3, -0.25) is 0 Å². The van der Waals surface area contributed by atoms with E-state index in [4.69, 9.17) is 10.5 Å². The van der Waals surface area contributed by atoms with Crippen LogP contribution in [-0.2, 0) is 14.3 Å². The molecule has 0 spiro atoms. The monoisotopic (exact) mass is 355 g/mol. The van der Waals surface area contributed by atoms with Gasteiger partial charge in [-0.05, 0) is 28.7 Å². The molecule has 136 valence electrons. The van der Waals surface area contributed by atoms with Gasteiger partial charge in [0.2, 0.25) is 0 Å². The second-order valence-corrected chi connectivity index (χ2v) is 6.41. The van der Waals surface area contributed by atoms with Gasteiger partial charge >= 0.3 is 11.9 Å². The Kier molecular flexibility index (Phi) is 4.80. The molecular weight excluding hydrogens is 334 g/mol. The molecule has 2 unspecified atom stereocenters. The molecule has 0 aromatic heterocycles. The van der Waals surface area contributed by atoms with E-state index in [0.29, 0.717) is 0 Å². The van der Waals surface area contributed by atoms with Crippen LogP contribution in [0.2, 0.25) is 0 Å². The maximum Gasteiger partial charge on any atom is 0.351 e. The van der Waals surface area contributed by atoms with Crippen LogP contribution in [-0.4, -0.2) is 40.4 Å². The maximum atomic E-state index is 12.4. The standard InChI is InChI=1S/C20H21NO5/c1-2-17(21)20(25,18(22)23)19(24)26-11-16-14-9-5-3-7-12(14)13-8-4-6-10-15(13)16/h3-10,16-17,25H,2,11,21H2,1H3,(H,22,23). The van der Waals surface area contributed by atoms with E-state index in [1.54, 1.807) is 6.92 Å². The molecule has 1 aliphatic rings. The van der Waals surface area contributed by atoms with Gasteiger partial charge in [0.25, 0.3) is 5.60 Å². The highest BCUT2D eigenvalue weighted by Crippen LogP contribution is 2.44. The van der Waals surface area contributed by atoms with Gasteiger partial charge in [-0.1, -0.05) is 55.5 Å². The van der Waals surface area contributed by atoms with Crippen molar-refractivity contribution in [3.8, 4) is 11.1 Å². The van der Waals surface area contributed by atoms with Crippen molar-refractivity contribution in [2.24, 2.45) is 5.73 Å². The molecule has 4 N–H and O–H groups in total. The molecule has 6 heteroatoms. The fourth-order valence-electron chi connectivity index (χ4n) is 3.40. The Labute approximate surface area is 151 Å². The van der Waals surface area contributed by atoms with Crippen molar-refractivity contribution >= 4 is 11.9 Å². The summed E-state index contributed by atoms with van der Waals surface area (Å²) in [5, 5.41) is 19.6. The highest BCUT2D eigenvalue weighted by molar-refractivity contribution is 6.03. The van der Waals surface area contributed by atoms with Gasteiger partial charge in [0.05, 0.1) is 6.04 Å². The van der Waals surface area contributed by atoms with Crippen molar-refractivity contribution in [3.63, 3.8) is 0 Å². The Morgan fingerprint density at radius 1 is 1.12 bits per heavy atom. The first kappa shape index (κ1) is 18.1. The van der Waals surface area contributed by atoms with Crippen LogP contribution < -0.4 is 5.73 Å². The number of carboxylic acid groups (broad SMARTS) is 1. The molecule has 0 fully saturated rings. The van der Waals surface area contributed by atoms with Gasteiger partial charge in [0.1, 0.15) is 6.61 Å². The minimum Gasteiger partial charge on any atom is -0.479 e. The van der Waals surface area contributed by atoms with E-state index in [9.17, 15) is 19.8 Å². The van der Waals surface area contributed by atoms with E-state index in [1.807, 2.05) is 48.5 Å². The van der Waals surface area contributed by atoms with Gasteiger partial charge in [0, 0.05) is 5.92 Å². The predicted molar refractivity (Wildman–Crippen MR) is 95.5 cm³/mol. The lowest BCUT2D eigenvalue weighted by molar-refractivity contribution is -0.182. The van der Waals surface area contributed by atoms with Crippen LogP contribution >= 0.6 is 0 Å². The first-order valence-corrected chi connectivity index (χ1v) is 8.48. The molecule has 26 heavy (non-hydrogen) atoms. The Bertz CT molecular complexity index is 804. The number of carbonyl (C=O) groups excluding carboxylic acids is 1. The summed E-state index contributed by atoms with van der Waals surface area (Å²) in [5.74, 6) is -3.16. The van der Waals surface area contributed by atoms with Crippen LogP contribution in [0.15, 0.2) is 48.5 Å². The lowest BCUT2D eigenvalue weighted by atomic mass is 9.92. The van der Waals surface area contributed by atoms with Crippen molar-refractivity contribution in [2.45, 2.75) is 30.9 Å². The van der Waals surface area contributed by atoms with E-state index in [2.05, 4.69) is 0 Å². The number of carboxylic acids is 1. The first-order valence-electron chi connectivity index (χ1n) is 8.48. The van der Waals surface area contributed by atoms with Crippen molar-refractivity contribution < 1.29 is 24.5 Å². The quantitative estimate of drug-likeness (QED) is 0.539. The SMILES string of the molecule is CCC(N)C(O)(C(=O)O)C(=O)OCC1c2ccccc2-c2ccccc21. The number of hydrogen-bond donors (Lipinski definition) is 3. The number of nitrogens with two attached hydrogens (primary N) is 1. The highest BCUT2D eigenvalue weighted by atomic mass is 16.6. The molecule has 2 aromatic carbocycles. The molecule has 0 heterocycles. The van der Waals surface area contributed by atoms with Crippen molar-refractivity contribution in [1.29, 1.82) is 0 Å². The smallest absolute Gasteiger partial charge is 0.351 e. The summed E-state index contributed by atoms with van der Waals surface area (Å²) in [6.07, 6.45) is 0.118. The number of esters is 1. The molecule has 0 amide bonds. The second kappa shape index (κ2) is 6.90. The van der Waals surface area contributed by atoms with E-state index < -0.39 is 23.6 Å². The van der Waals surface area contributed by atoms with Gasteiger partial charge in [-0.15, -0.1) is 0 Å². The fourth-order valence-corrected chi connectivity index (χ4v) is 3.40. The van der Waals surface area contributed by atoms with Crippen molar-refractivity contribution in [1.82, 2.24) is 0 Å². The molecule has 3 rings (SSSR count). The molecule has 1 aliphatic carbocycles. The number of aliphatic carboxylic acids is 1. The first-order chi connectivity index (χ1) is 12.4. The molecule has 2 aromatic rings. The summed E-state index contributed by atoms with van der Waals surface area (Å²) in [4.78, 5) is 23.8. The lowest BCUT2D eigenvalue weighted by Gasteiger charge is -2.27. The van der Waals surface area contributed by atoms with Gasteiger partial charge in [-0.2, -0.15) is 0 Å². The van der Waals surface area contributed by atoms with Gasteiger partial charge < -0.3 is 20.7 Å². The van der Waals surface area contributed by atoms with E-state index in [0.717, 1.165) is 22.3 Å². The van der Waals surface area contributed by atoms with Crippen molar-refractivity contribution in [2.75, 3.05) is 6.61 Å². The predicted octanol–water partition coefficient (Wildman–Crippen LogP) is 1.90. The molecule has 6 nitrogen and oxygen atoms in total. The third kappa shape index (κ3) is 2.77. The fraction of sp³-hybridized carbons (Fsp3) is 0.300. The average Bonchev–Trinajstić information content (AvgIpc) is 2.98. The van der Waals surface area contributed by atoms with E-state index in [-0.39, 0.29) is 18.9 Å². The zero-order valence-corrected chi connectivity index (χ0v) is 14.4. The highest BCUT2D eigenvalue weighted by Gasteiger charge is 2.51. The summed E-state index contributed by atoms with van der Waals surface area (Å²) in [6, 6.07) is 14.3. The lowest BCUT2D eigenvalue weighted by Crippen LogP contribution is -2.60. The van der Waals surface area contributed by atoms with Crippen molar-refractivity contribution in [3.05, 3.63) is 59.7 Å².